The molecule has 0 aromatic heterocycles. The summed E-state index contributed by atoms with van der Waals surface area (Å²) in [6.45, 7) is 6.43. The molecule has 0 spiro atoms. The lowest BCUT2D eigenvalue weighted by molar-refractivity contribution is -0.153. The van der Waals surface area contributed by atoms with Gasteiger partial charge in [0.05, 0.1) is 18.8 Å². The highest BCUT2D eigenvalue weighted by Crippen LogP contribution is 2.28. The minimum atomic E-state index is 0.0662. The van der Waals surface area contributed by atoms with E-state index in [-0.39, 0.29) is 30.6 Å². The number of carbonyl (C=O) groups excluding carboxylic acids is 2. The SMILES string of the molecule is COCCN1C(=O)COC2CN(C3CCN(C(C)=O)CC3)CC21. The molecule has 3 saturated heterocycles. The second-order valence-electron chi connectivity index (χ2n) is 6.69. The Hall–Kier alpha value is -1.18. The minimum Gasteiger partial charge on any atom is -0.383 e. The van der Waals surface area contributed by atoms with E-state index in [1.54, 1.807) is 14.0 Å². The lowest BCUT2D eigenvalue weighted by Crippen LogP contribution is -2.55. The standard InChI is InChI=1S/C16H27N3O4/c1-12(20)17-5-3-13(4-6-17)18-9-14-15(10-18)23-11-16(21)19(14)7-8-22-2/h13-15H,3-11H2,1-2H3. The smallest absolute Gasteiger partial charge is 0.249 e. The monoisotopic (exact) mass is 325 g/mol. The van der Waals surface area contributed by atoms with Gasteiger partial charge in [0.2, 0.25) is 11.8 Å². The van der Waals surface area contributed by atoms with Gasteiger partial charge in [-0.05, 0) is 12.8 Å². The third-order valence-electron chi connectivity index (χ3n) is 5.37. The number of morpholine rings is 1. The highest BCUT2D eigenvalue weighted by atomic mass is 16.5. The number of likely N-dealkylation sites (tertiary alicyclic amines) is 2. The topological polar surface area (TPSA) is 62.3 Å². The normalized spacial score (nSPS) is 29.9. The first-order valence-electron chi connectivity index (χ1n) is 8.49. The molecule has 0 saturated carbocycles. The van der Waals surface area contributed by atoms with Crippen LogP contribution in [-0.4, -0.2) is 97.7 Å². The molecule has 2 atom stereocenters. The van der Waals surface area contributed by atoms with Crippen molar-refractivity contribution in [3.63, 3.8) is 0 Å². The van der Waals surface area contributed by atoms with Crippen molar-refractivity contribution < 1.29 is 19.1 Å². The molecule has 0 radical (unpaired) electrons. The zero-order valence-corrected chi connectivity index (χ0v) is 14.1. The van der Waals surface area contributed by atoms with E-state index in [4.69, 9.17) is 9.47 Å². The molecule has 3 aliphatic rings. The summed E-state index contributed by atoms with van der Waals surface area (Å²) in [5.41, 5.74) is 0. The number of nitrogens with zero attached hydrogens (tertiary/aromatic N) is 3. The van der Waals surface area contributed by atoms with Crippen LogP contribution in [0.25, 0.3) is 0 Å². The first-order chi connectivity index (χ1) is 11.1. The average Bonchev–Trinajstić information content (AvgIpc) is 2.98. The molecular weight excluding hydrogens is 298 g/mol. The van der Waals surface area contributed by atoms with Crippen molar-refractivity contribution in [3.8, 4) is 0 Å². The van der Waals surface area contributed by atoms with E-state index < -0.39 is 0 Å². The van der Waals surface area contributed by atoms with E-state index in [9.17, 15) is 9.59 Å². The molecule has 0 aromatic carbocycles. The minimum absolute atomic E-state index is 0.0662. The molecule has 0 bridgehead atoms. The van der Waals surface area contributed by atoms with Gasteiger partial charge in [-0.1, -0.05) is 0 Å². The van der Waals surface area contributed by atoms with Crippen LogP contribution in [0.15, 0.2) is 0 Å². The molecule has 3 aliphatic heterocycles. The molecule has 2 amide bonds. The molecule has 7 heteroatoms. The van der Waals surface area contributed by atoms with Gasteiger partial charge in [-0.25, -0.2) is 0 Å². The van der Waals surface area contributed by atoms with Crippen LogP contribution in [0, 0.1) is 0 Å². The number of amides is 2. The summed E-state index contributed by atoms with van der Waals surface area (Å²) >= 11 is 0. The Bertz CT molecular complexity index is 451. The number of methoxy groups -OCH3 is 1. The van der Waals surface area contributed by atoms with Crippen LogP contribution in [0.4, 0.5) is 0 Å². The van der Waals surface area contributed by atoms with Crippen LogP contribution in [0.3, 0.4) is 0 Å². The molecule has 3 rings (SSSR count). The fourth-order valence-electron chi connectivity index (χ4n) is 4.02. The van der Waals surface area contributed by atoms with Crippen LogP contribution < -0.4 is 0 Å². The van der Waals surface area contributed by atoms with Gasteiger partial charge >= 0.3 is 0 Å². The van der Waals surface area contributed by atoms with Gasteiger partial charge in [-0.15, -0.1) is 0 Å². The van der Waals surface area contributed by atoms with Crippen molar-refractivity contribution in [1.82, 2.24) is 14.7 Å². The summed E-state index contributed by atoms with van der Waals surface area (Å²) in [5.74, 6) is 0.231. The van der Waals surface area contributed by atoms with Gasteiger partial charge in [-0.2, -0.15) is 0 Å². The zero-order chi connectivity index (χ0) is 16.4. The second kappa shape index (κ2) is 7.15. The molecule has 0 N–H and O–H groups in total. The summed E-state index contributed by atoms with van der Waals surface area (Å²) in [4.78, 5) is 29.9. The third-order valence-corrected chi connectivity index (χ3v) is 5.37. The number of carbonyl (C=O) groups is 2. The maximum absolute atomic E-state index is 12.1. The first-order valence-corrected chi connectivity index (χ1v) is 8.49. The molecule has 2 unspecified atom stereocenters. The molecule has 0 aromatic rings. The number of ether oxygens (including phenoxy) is 2. The predicted octanol–water partition coefficient (Wildman–Crippen LogP) is -0.445. The van der Waals surface area contributed by atoms with E-state index in [1.807, 2.05) is 9.80 Å². The highest BCUT2D eigenvalue weighted by molar-refractivity contribution is 5.78. The number of rotatable bonds is 4. The lowest BCUT2D eigenvalue weighted by Gasteiger charge is -2.37. The van der Waals surface area contributed by atoms with Gasteiger partial charge in [-0.3, -0.25) is 14.5 Å². The molecule has 3 heterocycles. The van der Waals surface area contributed by atoms with Gasteiger partial charge in [0, 0.05) is 52.8 Å². The van der Waals surface area contributed by atoms with Crippen LogP contribution in [0.5, 0.6) is 0 Å². The fraction of sp³-hybridized carbons (Fsp3) is 0.875. The molecule has 3 fully saturated rings. The largest absolute Gasteiger partial charge is 0.383 e. The van der Waals surface area contributed by atoms with Crippen molar-refractivity contribution in [2.45, 2.75) is 38.0 Å². The van der Waals surface area contributed by atoms with Crippen molar-refractivity contribution >= 4 is 11.8 Å². The molecule has 7 nitrogen and oxygen atoms in total. The van der Waals surface area contributed by atoms with Crippen molar-refractivity contribution in [2.24, 2.45) is 0 Å². The van der Waals surface area contributed by atoms with E-state index in [2.05, 4.69) is 4.90 Å². The summed E-state index contributed by atoms with van der Waals surface area (Å²) in [6, 6.07) is 0.622. The third kappa shape index (κ3) is 3.51. The van der Waals surface area contributed by atoms with E-state index in [0.29, 0.717) is 19.2 Å². The number of hydrogen-bond acceptors (Lipinski definition) is 5. The van der Waals surface area contributed by atoms with Crippen LogP contribution in [-0.2, 0) is 19.1 Å². The Kier molecular flexibility index (Phi) is 5.18. The fourth-order valence-corrected chi connectivity index (χ4v) is 4.02. The quantitative estimate of drug-likeness (QED) is 0.701. The Balaban J connectivity index is 1.58. The summed E-state index contributed by atoms with van der Waals surface area (Å²) in [5, 5.41) is 0. The maximum atomic E-state index is 12.1. The van der Waals surface area contributed by atoms with E-state index >= 15 is 0 Å². The van der Waals surface area contributed by atoms with Gasteiger partial charge < -0.3 is 19.3 Å². The summed E-state index contributed by atoms with van der Waals surface area (Å²) < 4.78 is 10.9. The Morgan fingerprint density at radius 2 is 2.04 bits per heavy atom. The van der Waals surface area contributed by atoms with Crippen molar-refractivity contribution in [3.05, 3.63) is 0 Å². The maximum Gasteiger partial charge on any atom is 0.249 e. The van der Waals surface area contributed by atoms with Crippen molar-refractivity contribution in [1.29, 1.82) is 0 Å². The Labute approximate surface area is 137 Å². The van der Waals surface area contributed by atoms with Crippen molar-refractivity contribution in [2.75, 3.05) is 53.0 Å². The molecule has 130 valence electrons. The first kappa shape index (κ1) is 16.7. The Morgan fingerprint density at radius 1 is 1.30 bits per heavy atom. The van der Waals surface area contributed by atoms with Crippen LogP contribution in [0.2, 0.25) is 0 Å². The number of fused-ring (bicyclic) bond motifs is 1. The summed E-state index contributed by atoms with van der Waals surface area (Å²) in [7, 11) is 1.66. The van der Waals surface area contributed by atoms with Crippen LogP contribution in [0.1, 0.15) is 19.8 Å². The zero-order valence-electron chi connectivity index (χ0n) is 14.1. The second-order valence-corrected chi connectivity index (χ2v) is 6.69. The van der Waals surface area contributed by atoms with Gasteiger partial charge in [0.15, 0.2) is 0 Å². The van der Waals surface area contributed by atoms with Gasteiger partial charge in [0.1, 0.15) is 6.61 Å². The molecule has 23 heavy (non-hydrogen) atoms. The predicted molar refractivity (Wildman–Crippen MR) is 84.0 cm³/mol. The molecule has 0 aliphatic carbocycles. The average molecular weight is 325 g/mol. The highest BCUT2D eigenvalue weighted by Gasteiger charge is 2.45. The Morgan fingerprint density at radius 3 is 2.70 bits per heavy atom. The number of piperidine rings is 1. The van der Waals surface area contributed by atoms with E-state index in [0.717, 1.165) is 39.0 Å². The number of hydrogen-bond donors (Lipinski definition) is 0. The lowest BCUT2D eigenvalue weighted by atomic mass is 10.0. The van der Waals surface area contributed by atoms with Gasteiger partial charge in [0.25, 0.3) is 0 Å². The van der Waals surface area contributed by atoms with E-state index in [1.165, 1.54) is 0 Å². The summed E-state index contributed by atoms with van der Waals surface area (Å²) in [6.07, 6.45) is 2.12. The molecular formula is C16H27N3O4. The van der Waals surface area contributed by atoms with Crippen LogP contribution >= 0.6 is 0 Å².